The number of carbonyl (C=O) groups excluding carboxylic acids is 2. The van der Waals surface area contributed by atoms with Crippen LogP contribution < -0.4 is 5.32 Å². The molecule has 1 saturated heterocycles. The van der Waals surface area contributed by atoms with Gasteiger partial charge in [-0.05, 0) is 19.1 Å². The number of nitrogens with zero attached hydrogens (tertiary/aromatic N) is 3. The second-order valence-electron chi connectivity index (χ2n) is 4.32. The molecule has 1 aromatic heterocycles. The van der Waals surface area contributed by atoms with Gasteiger partial charge in [0.1, 0.15) is 5.82 Å². The number of aromatic nitrogens is 1. The number of hydrogen-bond acceptors (Lipinski definition) is 4. The third kappa shape index (κ3) is 3.59. The molecular formula is C13H18N4O3. The summed E-state index contributed by atoms with van der Waals surface area (Å²) in [5, 5.41) is 2.72. The summed E-state index contributed by atoms with van der Waals surface area (Å²) in [7, 11) is 0. The Labute approximate surface area is 117 Å². The predicted octanol–water partition coefficient (Wildman–Crippen LogP) is 1.39. The monoisotopic (exact) mass is 278 g/mol. The van der Waals surface area contributed by atoms with E-state index < -0.39 is 0 Å². The van der Waals surface area contributed by atoms with Crippen molar-refractivity contribution in [1.82, 2.24) is 14.8 Å². The third-order valence-corrected chi connectivity index (χ3v) is 2.99. The summed E-state index contributed by atoms with van der Waals surface area (Å²) in [5.41, 5.74) is 0. The van der Waals surface area contributed by atoms with Gasteiger partial charge in [0.05, 0.1) is 6.61 Å². The average Bonchev–Trinajstić information content (AvgIpc) is 2.48. The molecule has 108 valence electrons. The van der Waals surface area contributed by atoms with E-state index in [-0.39, 0.29) is 12.1 Å². The zero-order valence-electron chi connectivity index (χ0n) is 11.4. The van der Waals surface area contributed by atoms with Crippen molar-refractivity contribution in [1.29, 1.82) is 0 Å². The Bertz CT molecular complexity index is 458. The highest BCUT2D eigenvalue weighted by molar-refractivity contribution is 5.88. The van der Waals surface area contributed by atoms with Crippen molar-refractivity contribution in [3.05, 3.63) is 24.4 Å². The Morgan fingerprint density at radius 1 is 1.25 bits per heavy atom. The molecule has 0 atom stereocenters. The topological polar surface area (TPSA) is 74.8 Å². The lowest BCUT2D eigenvalue weighted by Crippen LogP contribution is -2.51. The van der Waals surface area contributed by atoms with E-state index in [1.54, 1.807) is 41.1 Å². The molecule has 20 heavy (non-hydrogen) atoms. The van der Waals surface area contributed by atoms with Crippen LogP contribution >= 0.6 is 0 Å². The van der Waals surface area contributed by atoms with E-state index in [1.165, 1.54) is 0 Å². The Morgan fingerprint density at radius 3 is 2.55 bits per heavy atom. The van der Waals surface area contributed by atoms with Gasteiger partial charge in [-0.2, -0.15) is 0 Å². The first-order chi connectivity index (χ1) is 9.70. The molecule has 1 fully saturated rings. The number of carbonyl (C=O) groups is 2. The van der Waals surface area contributed by atoms with Gasteiger partial charge in [0.15, 0.2) is 0 Å². The van der Waals surface area contributed by atoms with Crippen molar-refractivity contribution in [2.75, 3.05) is 38.1 Å². The van der Waals surface area contributed by atoms with Crippen molar-refractivity contribution in [2.45, 2.75) is 6.92 Å². The zero-order chi connectivity index (χ0) is 14.4. The number of piperazine rings is 1. The fraction of sp³-hybridized carbons (Fsp3) is 0.462. The standard InChI is InChI=1S/C13H18N4O3/c1-2-20-13(19)17-9-7-16(8-10-17)12(18)15-11-5-3-4-6-14-11/h3-6H,2,7-10H2,1H3,(H,14,15,18). The van der Waals surface area contributed by atoms with Gasteiger partial charge in [0.2, 0.25) is 0 Å². The van der Waals surface area contributed by atoms with Crippen LogP contribution in [0.5, 0.6) is 0 Å². The average molecular weight is 278 g/mol. The molecule has 7 nitrogen and oxygen atoms in total. The van der Waals surface area contributed by atoms with E-state index in [9.17, 15) is 9.59 Å². The lowest BCUT2D eigenvalue weighted by atomic mass is 10.3. The predicted molar refractivity (Wildman–Crippen MR) is 73.4 cm³/mol. The number of amides is 3. The maximum absolute atomic E-state index is 12.0. The Balaban J connectivity index is 1.81. The van der Waals surface area contributed by atoms with Crippen molar-refractivity contribution in [3.63, 3.8) is 0 Å². The molecule has 1 aliphatic heterocycles. The second kappa shape index (κ2) is 6.74. The highest BCUT2D eigenvalue weighted by Crippen LogP contribution is 2.07. The Morgan fingerprint density at radius 2 is 1.95 bits per heavy atom. The van der Waals surface area contributed by atoms with Crippen LogP contribution in [0.3, 0.4) is 0 Å². The molecule has 0 saturated carbocycles. The molecule has 1 N–H and O–H groups in total. The van der Waals surface area contributed by atoms with Crippen LogP contribution in [-0.2, 0) is 4.74 Å². The number of urea groups is 1. The maximum Gasteiger partial charge on any atom is 0.409 e. The van der Waals surface area contributed by atoms with E-state index in [0.29, 0.717) is 38.6 Å². The van der Waals surface area contributed by atoms with Crippen LogP contribution in [0.1, 0.15) is 6.92 Å². The lowest BCUT2D eigenvalue weighted by molar-refractivity contribution is 0.0868. The van der Waals surface area contributed by atoms with Crippen LogP contribution in [0.2, 0.25) is 0 Å². The van der Waals surface area contributed by atoms with Crippen LogP contribution in [0.4, 0.5) is 15.4 Å². The number of hydrogen-bond donors (Lipinski definition) is 1. The lowest BCUT2D eigenvalue weighted by Gasteiger charge is -2.33. The summed E-state index contributed by atoms with van der Waals surface area (Å²) < 4.78 is 4.93. The van der Waals surface area contributed by atoms with Gasteiger partial charge in [-0.1, -0.05) is 6.07 Å². The van der Waals surface area contributed by atoms with Crippen molar-refractivity contribution < 1.29 is 14.3 Å². The van der Waals surface area contributed by atoms with Gasteiger partial charge in [0, 0.05) is 32.4 Å². The highest BCUT2D eigenvalue weighted by Gasteiger charge is 2.24. The van der Waals surface area contributed by atoms with Gasteiger partial charge in [0.25, 0.3) is 0 Å². The highest BCUT2D eigenvalue weighted by atomic mass is 16.6. The molecule has 0 spiro atoms. The smallest absolute Gasteiger partial charge is 0.409 e. The second-order valence-corrected chi connectivity index (χ2v) is 4.32. The minimum absolute atomic E-state index is 0.202. The molecule has 0 aromatic carbocycles. The van der Waals surface area contributed by atoms with Crippen molar-refractivity contribution >= 4 is 17.9 Å². The van der Waals surface area contributed by atoms with Gasteiger partial charge < -0.3 is 14.5 Å². The normalized spacial score (nSPS) is 14.8. The fourth-order valence-electron chi connectivity index (χ4n) is 1.93. The van der Waals surface area contributed by atoms with E-state index in [0.717, 1.165) is 0 Å². The summed E-state index contributed by atoms with van der Waals surface area (Å²) in [6.45, 7) is 4.06. The minimum Gasteiger partial charge on any atom is -0.450 e. The van der Waals surface area contributed by atoms with Crippen molar-refractivity contribution in [2.24, 2.45) is 0 Å². The number of anilines is 1. The molecule has 0 aliphatic carbocycles. The zero-order valence-corrected chi connectivity index (χ0v) is 11.4. The van der Waals surface area contributed by atoms with Gasteiger partial charge in [-0.15, -0.1) is 0 Å². The summed E-state index contributed by atoms with van der Waals surface area (Å²) in [4.78, 5) is 30.9. The molecule has 2 heterocycles. The maximum atomic E-state index is 12.0. The molecule has 3 amide bonds. The van der Waals surface area contributed by atoms with Gasteiger partial charge >= 0.3 is 12.1 Å². The van der Waals surface area contributed by atoms with Crippen LogP contribution in [0.15, 0.2) is 24.4 Å². The summed E-state index contributed by atoms with van der Waals surface area (Å²) >= 11 is 0. The molecule has 2 rings (SSSR count). The first-order valence-electron chi connectivity index (χ1n) is 6.59. The summed E-state index contributed by atoms with van der Waals surface area (Å²) in [6, 6.07) is 5.12. The van der Waals surface area contributed by atoms with Crippen molar-refractivity contribution in [3.8, 4) is 0 Å². The molecule has 0 radical (unpaired) electrons. The summed E-state index contributed by atoms with van der Waals surface area (Å²) in [6.07, 6.45) is 1.30. The first kappa shape index (κ1) is 14.1. The van der Waals surface area contributed by atoms with E-state index in [4.69, 9.17) is 4.74 Å². The summed E-state index contributed by atoms with van der Waals surface area (Å²) in [5.74, 6) is 0.519. The Kier molecular flexibility index (Phi) is 4.75. The molecule has 1 aromatic rings. The van der Waals surface area contributed by atoms with Crippen LogP contribution in [0, 0.1) is 0 Å². The van der Waals surface area contributed by atoms with E-state index in [2.05, 4.69) is 10.3 Å². The largest absolute Gasteiger partial charge is 0.450 e. The van der Waals surface area contributed by atoms with Crippen LogP contribution in [-0.4, -0.2) is 59.7 Å². The van der Waals surface area contributed by atoms with Crippen LogP contribution in [0.25, 0.3) is 0 Å². The SMILES string of the molecule is CCOC(=O)N1CCN(C(=O)Nc2ccccn2)CC1. The van der Waals surface area contributed by atoms with E-state index >= 15 is 0 Å². The molecular weight excluding hydrogens is 260 g/mol. The molecule has 7 heteroatoms. The van der Waals surface area contributed by atoms with Gasteiger partial charge in [-0.25, -0.2) is 14.6 Å². The fourth-order valence-corrected chi connectivity index (χ4v) is 1.93. The first-order valence-corrected chi connectivity index (χ1v) is 6.59. The molecule has 1 aliphatic rings. The quantitative estimate of drug-likeness (QED) is 0.887. The number of ether oxygens (including phenoxy) is 1. The molecule has 0 unspecified atom stereocenters. The number of rotatable bonds is 2. The number of nitrogens with one attached hydrogen (secondary N) is 1. The van der Waals surface area contributed by atoms with E-state index in [1.807, 2.05) is 0 Å². The minimum atomic E-state index is -0.322. The Hall–Kier alpha value is -2.31. The third-order valence-electron chi connectivity index (χ3n) is 2.99. The molecule has 0 bridgehead atoms. The number of pyridine rings is 1. The van der Waals surface area contributed by atoms with Gasteiger partial charge in [-0.3, -0.25) is 5.32 Å².